The molecule has 0 N–H and O–H groups in total. The predicted octanol–water partition coefficient (Wildman–Crippen LogP) is 5.05. The zero-order valence-corrected chi connectivity index (χ0v) is 20.9. The molecule has 11 heteroatoms. The van der Waals surface area contributed by atoms with Crippen LogP contribution in [-0.2, 0) is 9.59 Å². The van der Waals surface area contributed by atoms with Crippen LogP contribution in [0, 0.1) is 0 Å². The number of esters is 1. The van der Waals surface area contributed by atoms with Gasteiger partial charge in [-0.05, 0) is 60.3 Å². The van der Waals surface area contributed by atoms with Crippen molar-refractivity contribution in [2.45, 2.75) is 19.3 Å². The fourth-order valence-corrected chi connectivity index (χ4v) is 4.41. The standard InChI is InChI=1S/C25H18Cl2N2O6S/c26-18-11-8-16(13-19(18)27)24(33)28(29-22(31)4-1-5-23(29)32)14-20(30)15-6-9-17(10-7-15)35-25(34)21-3-2-12-36-21/h2-3,6-13H,1,4-5,14H2. The van der Waals surface area contributed by atoms with E-state index in [-0.39, 0.29) is 39.8 Å². The minimum atomic E-state index is -0.757. The van der Waals surface area contributed by atoms with E-state index in [1.807, 2.05) is 0 Å². The van der Waals surface area contributed by atoms with Crippen LogP contribution in [0.5, 0.6) is 5.75 Å². The molecule has 0 bridgehead atoms. The molecule has 184 valence electrons. The average Bonchev–Trinajstić information content (AvgIpc) is 3.40. The Morgan fingerprint density at radius 2 is 1.58 bits per heavy atom. The number of hydrazine groups is 1. The zero-order valence-electron chi connectivity index (χ0n) is 18.6. The predicted molar refractivity (Wildman–Crippen MR) is 133 cm³/mol. The van der Waals surface area contributed by atoms with Gasteiger partial charge in [-0.25, -0.2) is 9.80 Å². The van der Waals surface area contributed by atoms with Gasteiger partial charge in [-0.1, -0.05) is 29.3 Å². The molecular weight excluding hydrogens is 527 g/mol. The molecule has 0 atom stereocenters. The van der Waals surface area contributed by atoms with E-state index in [9.17, 15) is 24.0 Å². The summed E-state index contributed by atoms with van der Waals surface area (Å²) in [5.74, 6) is -2.75. The van der Waals surface area contributed by atoms with Gasteiger partial charge in [0.25, 0.3) is 5.91 Å². The van der Waals surface area contributed by atoms with Gasteiger partial charge in [-0.2, -0.15) is 5.01 Å². The number of piperidine rings is 1. The first-order chi connectivity index (χ1) is 17.2. The van der Waals surface area contributed by atoms with E-state index in [2.05, 4.69) is 0 Å². The number of nitrogens with zero attached hydrogens (tertiary/aromatic N) is 2. The van der Waals surface area contributed by atoms with E-state index in [0.717, 1.165) is 10.0 Å². The number of carbonyl (C=O) groups is 5. The summed E-state index contributed by atoms with van der Waals surface area (Å²) in [5.41, 5.74) is 0.244. The number of imide groups is 1. The first-order valence-electron chi connectivity index (χ1n) is 10.8. The van der Waals surface area contributed by atoms with Crippen molar-refractivity contribution in [2.75, 3.05) is 6.54 Å². The molecule has 2 aromatic carbocycles. The number of carbonyl (C=O) groups excluding carboxylic acids is 5. The largest absolute Gasteiger partial charge is 0.422 e. The van der Waals surface area contributed by atoms with Gasteiger partial charge in [0.2, 0.25) is 11.8 Å². The van der Waals surface area contributed by atoms with E-state index >= 15 is 0 Å². The number of Topliss-reactive ketones (excluding diaryl/α,β-unsaturated/α-hetero) is 1. The molecule has 0 spiro atoms. The Balaban J connectivity index is 1.56. The van der Waals surface area contributed by atoms with Gasteiger partial charge in [0.1, 0.15) is 17.2 Å². The molecule has 0 aliphatic carbocycles. The van der Waals surface area contributed by atoms with Crippen molar-refractivity contribution in [2.24, 2.45) is 0 Å². The van der Waals surface area contributed by atoms with Crippen LogP contribution in [0.25, 0.3) is 0 Å². The van der Waals surface area contributed by atoms with Crippen molar-refractivity contribution in [1.82, 2.24) is 10.0 Å². The molecule has 1 saturated heterocycles. The molecule has 1 aromatic heterocycles. The average molecular weight is 545 g/mol. The fourth-order valence-electron chi connectivity index (χ4n) is 3.51. The Bertz CT molecular complexity index is 1330. The van der Waals surface area contributed by atoms with Crippen LogP contribution >= 0.6 is 34.5 Å². The topological polar surface area (TPSA) is 101 Å². The number of hydrogen-bond acceptors (Lipinski definition) is 7. The third-order valence-electron chi connectivity index (χ3n) is 5.30. The summed E-state index contributed by atoms with van der Waals surface area (Å²) in [6.07, 6.45) is 0.493. The Morgan fingerprint density at radius 3 is 2.19 bits per heavy atom. The number of ketones is 1. The van der Waals surface area contributed by atoms with Crippen LogP contribution in [0.1, 0.15) is 49.7 Å². The number of amides is 3. The first-order valence-corrected chi connectivity index (χ1v) is 12.4. The maximum atomic E-state index is 13.3. The smallest absolute Gasteiger partial charge is 0.353 e. The van der Waals surface area contributed by atoms with Crippen molar-refractivity contribution in [3.63, 3.8) is 0 Å². The van der Waals surface area contributed by atoms with Gasteiger partial charge in [0, 0.05) is 24.0 Å². The number of hydrogen-bond donors (Lipinski definition) is 0. The van der Waals surface area contributed by atoms with E-state index < -0.39 is 36.0 Å². The number of halogens is 2. The lowest BCUT2D eigenvalue weighted by molar-refractivity contribution is -0.162. The SMILES string of the molecule is O=C(CN(C(=O)c1ccc(Cl)c(Cl)c1)N1C(=O)CCCC1=O)c1ccc(OC(=O)c2cccs2)cc1. The summed E-state index contributed by atoms with van der Waals surface area (Å²) < 4.78 is 5.29. The molecule has 0 radical (unpaired) electrons. The molecule has 2 heterocycles. The molecule has 0 saturated carbocycles. The molecule has 3 aromatic rings. The Hall–Kier alpha value is -3.53. The van der Waals surface area contributed by atoms with Crippen molar-refractivity contribution in [3.8, 4) is 5.75 Å². The molecule has 0 unspecified atom stereocenters. The minimum absolute atomic E-state index is 0.0548. The second-order valence-corrected chi connectivity index (χ2v) is 9.52. The highest BCUT2D eigenvalue weighted by Gasteiger charge is 2.36. The highest BCUT2D eigenvalue weighted by Crippen LogP contribution is 2.25. The third-order valence-corrected chi connectivity index (χ3v) is 6.89. The van der Waals surface area contributed by atoms with Crippen LogP contribution < -0.4 is 4.74 Å². The number of ether oxygens (including phenoxy) is 1. The molecule has 1 aliphatic rings. The van der Waals surface area contributed by atoms with E-state index in [1.54, 1.807) is 17.5 Å². The van der Waals surface area contributed by atoms with Crippen LogP contribution in [-0.4, -0.2) is 46.0 Å². The summed E-state index contributed by atoms with van der Waals surface area (Å²) in [7, 11) is 0. The second kappa shape index (κ2) is 11.0. The van der Waals surface area contributed by atoms with Gasteiger partial charge >= 0.3 is 5.97 Å². The molecule has 8 nitrogen and oxygen atoms in total. The summed E-state index contributed by atoms with van der Waals surface area (Å²) in [6, 6.07) is 13.2. The van der Waals surface area contributed by atoms with Crippen molar-refractivity contribution in [1.29, 1.82) is 0 Å². The van der Waals surface area contributed by atoms with Gasteiger partial charge in [-0.3, -0.25) is 19.2 Å². The molecule has 4 rings (SSSR count). The fraction of sp³-hybridized carbons (Fsp3) is 0.160. The highest BCUT2D eigenvalue weighted by atomic mass is 35.5. The van der Waals surface area contributed by atoms with Crippen LogP contribution in [0.2, 0.25) is 10.0 Å². The number of rotatable bonds is 7. The van der Waals surface area contributed by atoms with Gasteiger partial charge < -0.3 is 4.74 Å². The maximum absolute atomic E-state index is 13.3. The van der Waals surface area contributed by atoms with E-state index in [0.29, 0.717) is 11.3 Å². The molecule has 1 fully saturated rings. The summed E-state index contributed by atoms with van der Waals surface area (Å²) >= 11 is 13.2. The highest BCUT2D eigenvalue weighted by molar-refractivity contribution is 7.12. The zero-order chi connectivity index (χ0) is 25.8. The second-order valence-electron chi connectivity index (χ2n) is 7.76. The number of benzene rings is 2. The minimum Gasteiger partial charge on any atom is -0.422 e. The number of thiophene rings is 1. The first kappa shape index (κ1) is 25.6. The van der Waals surface area contributed by atoms with Crippen molar-refractivity contribution in [3.05, 3.63) is 86.0 Å². The Kier molecular flexibility index (Phi) is 7.83. The lowest BCUT2D eigenvalue weighted by Crippen LogP contribution is -2.56. The van der Waals surface area contributed by atoms with Gasteiger partial charge in [0.05, 0.1) is 10.0 Å². The molecule has 36 heavy (non-hydrogen) atoms. The molecule has 1 aliphatic heterocycles. The van der Waals surface area contributed by atoms with Crippen molar-refractivity contribution < 1.29 is 28.7 Å². The van der Waals surface area contributed by atoms with Gasteiger partial charge in [0.15, 0.2) is 5.78 Å². The quantitative estimate of drug-likeness (QED) is 0.178. The molecular formula is C25H18Cl2N2O6S. The normalized spacial score (nSPS) is 13.4. The monoisotopic (exact) mass is 544 g/mol. The summed E-state index contributed by atoms with van der Waals surface area (Å²) in [6.45, 7) is -0.578. The molecule has 3 amide bonds. The van der Waals surface area contributed by atoms with Crippen LogP contribution in [0.4, 0.5) is 0 Å². The lowest BCUT2D eigenvalue weighted by Gasteiger charge is -2.35. The van der Waals surface area contributed by atoms with Crippen LogP contribution in [0.3, 0.4) is 0 Å². The summed E-state index contributed by atoms with van der Waals surface area (Å²) in [4.78, 5) is 64.1. The summed E-state index contributed by atoms with van der Waals surface area (Å²) in [5, 5.41) is 3.64. The maximum Gasteiger partial charge on any atom is 0.353 e. The Labute approximate surface area is 219 Å². The lowest BCUT2D eigenvalue weighted by atomic mass is 10.1. The third kappa shape index (κ3) is 5.64. The van der Waals surface area contributed by atoms with Crippen molar-refractivity contribution >= 4 is 64.0 Å². The van der Waals surface area contributed by atoms with Crippen LogP contribution in [0.15, 0.2) is 60.0 Å². The van der Waals surface area contributed by atoms with E-state index in [1.165, 1.54) is 53.8 Å². The van der Waals surface area contributed by atoms with E-state index in [4.69, 9.17) is 27.9 Å². The van der Waals surface area contributed by atoms with Gasteiger partial charge in [-0.15, -0.1) is 11.3 Å². The Morgan fingerprint density at radius 1 is 0.917 bits per heavy atom.